The van der Waals surface area contributed by atoms with Crippen LogP contribution in [0.1, 0.15) is 0 Å². The maximum atomic E-state index is 7.92. The van der Waals surface area contributed by atoms with E-state index in [4.69, 9.17) is 21.9 Å². The second-order valence-corrected chi connectivity index (χ2v) is 1.09. The number of nitrogens with zero attached hydrogens (tertiary/aromatic N) is 1. The molecule has 0 saturated carbocycles. The first-order chi connectivity index (χ1) is 3.06. The summed E-state index contributed by atoms with van der Waals surface area (Å²) in [6.07, 6.45) is 0. The lowest BCUT2D eigenvalue weighted by Crippen LogP contribution is -2.29. The van der Waals surface area contributed by atoms with E-state index in [0.717, 1.165) is 0 Å². The van der Waals surface area contributed by atoms with Crippen LogP contribution in [0.2, 0.25) is 0 Å². The summed E-state index contributed by atoms with van der Waals surface area (Å²) in [6.45, 7) is 5.30. The first-order valence-electron chi connectivity index (χ1n) is 1.56. The van der Waals surface area contributed by atoms with Gasteiger partial charge in [0.2, 0.25) is 0 Å². The van der Waals surface area contributed by atoms with Crippen molar-refractivity contribution in [3.63, 3.8) is 0 Å². The summed E-state index contributed by atoms with van der Waals surface area (Å²) < 4.78 is 0. The molecule has 0 bridgehead atoms. The Bertz CT molecular complexity index is 87.3. The summed E-state index contributed by atoms with van der Waals surface area (Å²) >= 11 is 0. The number of aliphatic hydroxyl groups is 3. The van der Waals surface area contributed by atoms with Crippen LogP contribution in [-0.4, -0.2) is 27.8 Å². The van der Waals surface area contributed by atoms with Gasteiger partial charge in [-0.25, -0.2) is 6.57 Å². The first kappa shape index (κ1) is 6.37. The maximum Gasteiger partial charge on any atom is 0.352 e. The fourth-order valence-corrected chi connectivity index (χ4v) is 0.106. The number of hydrogen-bond donors (Lipinski definition) is 3. The summed E-state index contributed by atoms with van der Waals surface area (Å²) in [5.74, 6) is -2.80. The lowest BCUT2D eigenvalue weighted by atomic mass is 10.6. The van der Waals surface area contributed by atoms with Crippen molar-refractivity contribution in [3.05, 3.63) is 11.4 Å². The fraction of sp³-hybridized carbons (Fsp3) is 0.667. The van der Waals surface area contributed by atoms with Gasteiger partial charge < -0.3 is 20.2 Å². The molecule has 0 unspecified atom stereocenters. The summed E-state index contributed by atoms with van der Waals surface area (Å²) in [7, 11) is 0. The molecule has 0 aliphatic carbocycles. The van der Waals surface area contributed by atoms with Crippen molar-refractivity contribution >= 4 is 0 Å². The predicted octanol–water partition coefficient (Wildman–Crippen LogP) is -1.46. The smallest absolute Gasteiger partial charge is 0.338 e. The average molecular weight is 103 g/mol. The van der Waals surface area contributed by atoms with Crippen LogP contribution in [0.25, 0.3) is 4.85 Å². The highest BCUT2D eigenvalue weighted by atomic mass is 16.7. The van der Waals surface area contributed by atoms with E-state index in [9.17, 15) is 0 Å². The third-order valence-electron chi connectivity index (χ3n) is 0.291. The van der Waals surface area contributed by atoms with Gasteiger partial charge in [-0.15, -0.1) is 0 Å². The molecule has 4 nitrogen and oxygen atoms in total. The molecular formula is C3H5NO3. The Morgan fingerprint density at radius 3 is 1.86 bits per heavy atom. The molecule has 0 aromatic carbocycles. The molecule has 0 aromatic heterocycles. The van der Waals surface area contributed by atoms with E-state index in [-0.39, 0.29) is 0 Å². The van der Waals surface area contributed by atoms with Gasteiger partial charge in [0.05, 0.1) is 0 Å². The lowest BCUT2D eigenvalue weighted by Gasteiger charge is -2.02. The molecule has 3 N–H and O–H groups in total. The van der Waals surface area contributed by atoms with Crippen LogP contribution in [0.3, 0.4) is 0 Å². The van der Waals surface area contributed by atoms with Crippen molar-refractivity contribution in [2.75, 3.05) is 6.54 Å². The average Bonchev–Trinajstić information content (AvgIpc) is 1.30. The zero-order valence-electron chi connectivity index (χ0n) is 3.50. The highest BCUT2D eigenvalue weighted by molar-refractivity contribution is 4.63. The SMILES string of the molecule is [C-]#[N+]CC(O)(O)O. The standard InChI is InChI=1S/C3H5NO3/c1-4-2-3(5,6)7/h5-7H,2H2. The second kappa shape index (κ2) is 1.89. The van der Waals surface area contributed by atoms with Gasteiger partial charge in [-0.1, -0.05) is 0 Å². The maximum absolute atomic E-state index is 7.92. The van der Waals surface area contributed by atoms with E-state index in [1.807, 2.05) is 0 Å². The second-order valence-electron chi connectivity index (χ2n) is 1.09. The van der Waals surface area contributed by atoms with Crippen molar-refractivity contribution in [3.8, 4) is 0 Å². The lowest BCUT2D eigenvalue weighted by molar-refractivity contribution is -0.298. The minimum absolute atomic E-state index is 0.701. The van der Waals surface area contributed by atoms with E-state index in [2.05, 4.69) is 4.85 Å². The summed E-state index contributed by atoms with van der Waals surface area (Å²) in [4.78, 5) is 2.51. The Hall–Kier alpha value is -0.630. The zero-order valence-corrected chi connectivity index (χ0v) is 3.50. The normalized spacial score (nSPS) is 10.6. The van der Waals surface area contributed by atoms with Crippen molar-refractivity contribution in [1.29, 1.82) is 0 Å². The topological polar surface area (TPSA) is 65.0 Å². The Morgan fingerprint density at radius 1 is 1.43 bits per heavy atom. The van der Waals surface area contributed by atoms with E-state index >= 15 is 0 Å². The molecule has 0 saturated heterocycles. The molecule has 40 valence electrons. The van der Waals surface area contributed by atoms with Crippen LogP contribution in [0.4, 0.5) is 0 Å². The highest BCUT2D eigenvalue weighted by Crippen LogP contribution is 1.89. The highest BCUT2D eigenvalue weighted by Gasteiger charge is 2.21. The van der Waals surface area contributed by atoms with Crippen molar-refractivity contribution in [2.45, 2.75) is 5.97 Å². The molecular weight excluding hydrogens is 98.0 g/mol. The molecule has 7 heavy (non-hydrogen) atoms. The van der Waals surface area contributed by atoms with E-state index in [0.29, 0.717) is 0 Å². The fourth-order valence-electron chi connectivity index (χ4n) is 0.106. The molecule has 0 fully saturated rings. The summed E-state index contributed by atoms with van der Waals surface area (Å²) in [6, 6.07) is 0. The minimum atomic E-state index is -2.80. The van der Waals surface area contributed by atoms with E-state index in [1.54, 1.807) is 0 Å². The van der Waals surface area contributed by atoms with Crippen molar-refractivity contribution in [2.24, 2.45) is 0 Å². The van der Waals surface area contributed by atoms with Gasteiger partial charge in [0.1, 0.15) is 0 Å². The monoisotopic (exact) mass is 103 g/mol. The van der Waals surface area contributed by atoms with Crippen LogP contribution in [0.5, 0.6) is 0 Å². The van der Waals surface area contributed by atoms with Crippen LogP contribution in [0, 0.1) is 6.57 Å². The van der Waals surface area contributed by atoms with Gasteiger partial charge >= 0.3 is 5.97 Å². The van der Waals surface area contributed by atoms with Crippen LogP contribution < -0.4 is 0 Å². The number of rotatable bonds is 1. The third-order valence-corrected chi connectivity index (χ3v) is 0.291. The van der Waals surface area contributed by atoms with Gasteiger partial charge in [0.15, 0.2) is 0 Å². The third kappa shape index (κ3) is 5.37. The molecule has 0 amide bonds. The Balaban J connectivity index is 3.40. The largest absolute Gasteiger partial charge is 0.352 e. The van der Waals surface area contributed by atoms with E-state index < -0.39 is 12.5 Å². The molecule has 0 heterocycles. The molecule has 0 aliphatic heterocycles. The molecule has 0 atom stereocenters. The van der Waals surface area contributed by atoms with E-state index in [1.165, 1.54) is 0 Å². The van der Waals surface area contributed by atoms with Crippen molar-refractivity contribution < 1.29 is 15.3 Å². The van der Waals surface area contributed by atoms with Gasteiger partial charge in [-0.2, -0.15) is 0 Å². The minimum Gasteiger partial charge on any atom is -0.338 e. The molecule has 0 radical (unpaired) electrons. The summed E-state index contributed by atoms with van der Waals surface area (Å²) in [5, 5.41) is 23.7. The van der Waals surface area contributed by atoms with Crippen LogP contribution in [0.15, 0.2) is 0 Å². The molecule has 0 spiro atoms. The number of hydrogen-bond acceptors (Lipinski definition) is 3. The van der Waals surface area contributed by atoms with Gasteiger partial charge in [0, 0.05) is 0 Å². The Labute approximate surface area is 40.5 Å². The molecule has 0 aliphatic rings. The van der Waals surface area contributed by atoms with Crippen LogP contribution in [-0.2, 0) is 0 Å². The Kier molecular flexibility index (Phi) is 1.72. The molecule has 4 heteroatoms. The van der Waals surface area contributed by atoms with Crippen molar-refractivity contribution in [1.82, 2.24) is 0 Å². The van der Waals surface area contributed by atoms with Crippen LogP contribution >= 0.6 is 0 Å². The van der Waals surface area contributed by atoms with Gasteiger partial charge in [-0.3, -0.25) is 0 Å². The first-order valence-corrected chi connectivity index (χ1v) is 1.56. The molecule has 0 rings (SSSR count). The van der Waals surface area contributed by atoms with Gasteiger partial charge in [0.25, 0.3) is 6.54 Å². The summed E-state index contributed by atoms with van der Waals surface area (Å²) in [5.41, 5.74) is 0. The zero-order chi connectivity index (χ0) is 5.91. The predicted molar refractivity (Wildman–Crippen MR) is 20.9 cm³/mol. The quantitative estimate of drug-likeness (QED) is 0.280. The van der Waals surface area contributed by atoms with Gasteiger partial charge in [-0.05, 0) is 0 Å². The molecule has 0 aromatic rings. The Morgan fingerprint density at radius 2 is 1.86 bits per heavy atom.